The molecule has 1 aromatic rings. The van der Waals surface area contributed by atoms with Gasteiger partial charge in [-0.25, -0.2) is 4.39 Å². The molecule has 2 nitrogen and oxygen atoms in total. The van der Waals surface area contributed by atoms with E-state index in [1.807, 2.05) is 6.07 Å². The third kappa shape index (κ3) is 3.02. The van der Waals surface area contributed by atoms with Gasteiger partial charge in [-0.2, -0.15) is 0 Å². The number of hydrogen-bond acceptors (Lipinski definition) is 2. The van der Waals surface area contributed by atoms with Crippen molar-refractivity contribution in [3.63, 3.8) is 0 Å². The number of piperidine rings is 1. The quantitative estimate of drug-likeness (QED) is 0.882. The molecule has 0 saturated carbocycles. The van der Waals surface area contributed by atoms with Gasteiger partial charge in [0.05, 0.1) is 0 Å². The molecular weight excluding hydrogens is 229 g/mol. The number of halogens is 1. The predicted molar refractivity (Wildman–Crippen MR) is 71.0 cm³/mol. The summed E-state index contributed by atoms with van der Waals surface area (Å²) in [6, 6.07) is 5.38. The minimum absolute atomic E-state index is 0.182. The fraction of sp³-hybridized carbons (Fsp3) is 0.600. The Labute approximate surface area is 108 Å². The van der Waals surface area contributed by atoms with Crippen LogP contribution in [0.1, 0.15) is 44.6 Å². The van der Waals surface area contributed by atoms with Crippen LogP contribution in [0.5, 0.6) is 5.75 Å². The molecule has 0 bridgehead atoms. The van der Waals surface area contributed by atoms with Gasteiger partial charge in [0.2, 0.25) is 0 Å². The number of phenols is 1. The van der Waals surface area contributed by atoms with Crippen LogP contribution in [-0.2, 0) is 6.54 Å². The molecule has 1 atom stereocenters. The summed E-state index contributed by atoms with van der Waals surface area (Å²) in [6.07, 6.45) is 6.09. The Hall–Kier alpha value is -1.09. The summed E-state index contributed by atoms with van der Waals surface area (Å²) in [4.78, 5) is 2.39. The van der Waals surface area contributed by atoms with Gasteiger partial charge in [0.15, 0.2) is 11.6 Å². The van der Waals surface area contributed by atoms with Gasteiger partial charge in [-0.3, -0.25) is 4.90 Å². The number of rotatable bonds is 4. The number of benzene rings is 1. The summed E-state index contributed by atoms with van der Waals surface area (Å²) in [5, 5.41) is 9.74. The third-order valence-corrected chi connectivity index (χ3v) is 3.81. The lowest BCUT2D eigenvalue weighted by Gasteiger charge is -2.35. The van der Waals surface area contributed by atoms with Gasteiger partial charge in [0.1, 0.15) is 0 Å². The van der Waals surface area contributed by atoms with Gasteiger partial charge >= 0.3 is 0 Å². The van der Waals surface area contributed by atoms with Crippen LogP contribution in [0.25, 0.3) is 0 Å². The van der Waals surface area contributed by atoms with Crippen molar-refractivity contribution in [3.05, 3.63) is 29.6 Å². The predicted octanol–water partition coefficient (Wildman–Crippen LogP) is 3.69. The standard InChI is InChI=1S/C15H22FNO/c1-2-6-13-8-3-4-10-17(13)11-12-7-5-9-14(16)15(12)18/h5,7,9,13,18H,2-4,6,8,10-11H2,1H3. The lowest BCUT2D eigenvalue weighted by molar-refractivity contribution is 0.130. The van der Waals surface area contributed by atoms with E-state index < -0.39 is 5.82 Å². The molecule has 1 saturated heterocycles. The van der Waals surface area contributed by atoms with Crippen molar-refractivity contribution in [1.29, 1.82) is 0 Å². The first-order valence-corrected chi connectivity index (χ1v) is 6.92. The molecule has 1 unspecified atom stereocenters. The molecule has 0 spiro atoms. The molecule has 1 N–H and O–H groups in total. The summed E-state index contributed by atoms with van der Waals surface area (Å²) in [5.41, 5.74) is 0.706. The Bertz CT molecular complexity index is 392. The average molecular weight is 251 g/mol. The molecule has 1 aromatic carbocycles. The molecule has 0 radical (unpaired) electrons. The van der Waals surface area contributed by atoms with E-state index in [2.05, 4.69) is 11.8 Å². The second-order valence-corrected chi connectivity index (χ2v) is 5.16. The number of para-hydroxylation sites is 1. The van der Waals surface area contributed by atoms with Crippen molar-refractivity contribution in [2.24, 2.45) is 0 Å². The Morgan fingerprint density at radius 1 is 1.39 bits per heavy atom. The van der Waals surface area contributed by atoms with E-state index in [-0.39, 0.29) is 5.75 Å². The second kappa shape index (κ2) is 6.19. The molecule has 0 aromatic heterocycles. The molecule has 18 heavy (non-hydrogen) atoms. The summed E-state index contributed by atoms with van der Waals surface area (Å²) in [6.45, 7) is 3.92. The van der Waals surface area contributed by atoms with E-state index in [9.17, 15) is 9.50 Å². The lowest BCUT2D eigenvalue weighted by Crippen LogP contribution is -2.38. The van der Waals surface area contributed by atoms with Gasteiger partial charge in [0, 0.05) is 18.2 Å². The van der Waals surface area contributed by atoms with Crippen LogP contribution in [0, 0.1) is 5.82 Å². The number of hydrogen-bond donors (Lipinski definition) is 1. The molecule has 2 rings (SSSR count). The van der Waals surface area contributed by atoms with E-state index >= 15 is 0 Å². The first-order chi connectivity index (χ1) is 8.72. The molecule has 100 valence electrons. The normalized spacial score (nSPS) is 21.1. The van der Waals surface area contributed by atoms with Gasteiger partial charge in [-0.1, -0.05) is 31.9 Å². The van der Waals surface area contributed by atoms with Crippen LogP contribution in [-0.4, -0.2) is 22.6 Å². The molecule has 0 aliphatic carbocycles. The smallest absolute Gasteiger partial charge is 0.165 e. The fourth-order valence-corrected chi connectivity index (χ4v) is 2.83. The van der Waals surface area contributed by atoms with Crippen molar-refractivity contribution in [3.8, 4) is 5.75 Å². The van der Waals surface area contributed by atoms with Gasteiger partial charge in [-0.05, 0) is 31.9 Å². The van der Waals surface area contributed by atoms with Crippen molar-refractivity contribution >= 4 is 0 Å². The maximum Gasteiger partial charge on any atom is 0.165 e. The summed E-state index contributed by atoms with van der Waals surface area (Å²) < 4.78 is 13.3. The summed E-state index contributed by atoms with van der Waals surface area (Å²) in [5.74, 6) is -0.699. The van der Waals surface area contributed by atoms with Crippen molar-refractivity contribution in [2.45, 2.75) is 51.6 Å². The van der Waals surface area contributed by atoms with Gasteiger partial charge < -0.3 is 5.11 Å². The number of likely N-dealkylation sites (tertiary alicyclic amines) is 1. The Morgan fingerprint density at radius 3 is 3.00 bits per heavy atom. The minimum Gasteiger partial charge on any atom is -0.505 e. The van der Waals surface area contributed by atoms with Crippen LogP contribution in [0.2, 0.25) is 0 Å². The molecular formula is C15H22FNO. The zero-order valence-corrected chi connectivity index (χ0v) is 11.0. The van der Waals surface area contributed by atoms with Crippen molar-refractivity contribution in [2.75, 3.05) is 6.54 Å². The highest BCUT2D eigenvalue weighted by molar-refractivity contribution is 5.33. The highest BCUT2D eigenvalue weighted by Gasteiger charge is 2.22. The first-order valence-electron chi connectivity index (χ1n) is 6.92. The van der Waals surface area contributed by atoms with Crippen LogP contribution in [0.15, 0.2) is 18.2 Å². The zero-order chi connectivity index (χ0) is 13.0. The van der Waals surface area contributed by atoms with E-state index in [1.165, 1.54) is 38.2 Å². The van der Waals surface area contributed by atoms with E-state index in [1.54, 1.807) is 6.07 Å². The van der Waals surface area contributed by atoms with E-state index in [4.69, 9.17) is 0 Å². The molecule has 0 amide bonds. The Morgan fingerprint density at radius 2 is 2.22 bits per heavy atom. The molecule has 3 heteroatoms. The minimum atomic E-state index is -0.517. The van der Waals surface area contributed by atoms with Crippen LogP contribution >= 0.6 is 0 Å². The maximum atomic E-state index is 13.3. The highest BCUT2D eigenvalue weighted by atomic mass is 19.1. The molecule has 1 aliphatic rings. The Kier molecular flexibility index (Phi) is 4.59. The SMILES string of the molecule is CCCC1CCCCN1Cc1cccc(F)c1O. The van der Waals surface area contributed by atoms with Gasteiger partial charge in [0.25, 0.3) is 0 Å². The summed E-state index contributed by atoms with van der Waals surface area (Å²) in [7, 11) is 0. The highest BCUT2D eigenvalue weighted by Crippen LogP contribution is 2.27. The van der Waals surface area contributed by atoms with Crippen molar-refractivity contribution in [1.82, 2.24) is 4.90 Å². The van der Waals surface area contributed by atoms with Gasteiger partial charge in [-0.15, -0.1) is 0 Å². The number of nitrogens with zero attached hydrogens (tertiary/aromatic N) is 1. The van der Waals surface area contributed by atoms with Crippen molar-refractivity contribution < 1.29 is 9.50 Å². The van der Waals surface area contributed by atoms with E-state index in [0.29, 0.717) is 18.2 Å². The molecule has 1 aliphatic heterocycles. The third-order valence-electron chi connectivity index (χ3n) is 3.81. The number of phenolic OH excluding ortho intramolecular Hbond substituents is 1. The Balaban J connectivity index is 2.08. The largest absolute Gasteiger partial charge is 0.505 e. The first kappa shape index (κ1) is 13.3. The van der Waals surface area contributed by atoms with Crippen LogP contribution in [0.3, 0.4) is 0 Å². The topological polar surface area (TPSA) is 23.5 Å². The monoisotopic (exact) mass is 251 g/mol. The molecule has 1 fully saturated rings. The van der Waals surface area contributed by atoms with Crippen LogP contribution < -0.4 is 0 Å². The second-order valence-electron chi connectivity index (χ2n) is 5.16. The number of aromatic hydroxyl groups is 1. The molecule has 1 heterocycles. The fourth-order valence-electron chi connectivity index (χ4n) is 2.83. The zero-order valence-electron chi connectivity index (χ0n) is 11.0. The average Bonchev–Trinajstić information content (AvgIpc) is 2.37. The summed E-state index contributed by atoms with van der Waals surface area (Å²) >= 11 is 0. The van der Waals surface area contributed by atoms with E-state index in [0.717, 1.165) is 6.54 Å². The lowest BCUT2D eigenvalue weighted by atomic mass is 9.97. The van der Waals surface area contributed by atoms with Crippen LogP contribution in [0.4, 0.5) is 4.39 Å². The maximum absolute atomic E-state index is 13.3.